The van der Waals surface area contributed by atoms with E-state index in [0.29, 0.717) is 6.42 Å². The molecule has 0 fully saturated rings. The molecule has 0 aromatic rings. The van der Waals surface area contributed by atoms with Crippen molar-refractivity contribution in [2.75, 3.05) is 12.4 Å². The van der Waals surface area contributed by atoms with Gasteiger partial charge in [-0.05, 0) is 18.3 Å². The van der Waals surface area contributed by atoms with E-state index in [4.69, 9.17) is 10.8 Å². The topological polar surface area (TPSA) is 171 Å². The largest absolute Gasteiger partial charge is 0.480 e. The average molecular weight is 435 g/mol. The average Bonchev–Trinajstić information content (AvgIpc) is 2.67. The van der Waals surface area contributed by atoms with E-state index in [1.54, 1.807) is 13.8 Å². The van der Waals surface area contributed by atoms with E-state index in [0.717, 1.165) is 0 Å². The quantitative estimate of drug-likeness (QED) is 0.180. The molecule has 29 heavy (non-hydrogen) atoms. The normalized spacial score (nSPS) is 16.3. The molecule has 11 heteroatoms. The van der Waals surface area contributed by atoms with Crippen LogP contribution in [0.15, 0.2) is 0 Å². The Morgan fingerprint density at radius 1 is 0.966 bits per heavy atom. The zero-order chi connectivity index (χ0) is 22.7. The highest BCUT2D eigenvalue weighted by Crippen LogP contribution is 2.09. The van der Waals surface area contributed by atoms with Gasteiger partial charge in [-0.1, -0.05) is 34.1 Å². The number of nitrogens with two attached hydrogens (primary N) is 1. The van der Waals surface area contributed by atoms with Crippen LogP contribution in [-0.2, 0) is 19.2 Å². The van der Waals surface area contributed by atoms with Gasteiger partial charge in [-0.15, -0.1) is 0 Å². The number of aliphatic carboxylic acids is 1. The molecular formula is C18H34N4O6S. The highest BCUT2D eigenvalue weighted by molar-refractivity contribution is 7.80. The Bertz CT molecular complexity index is 575. The summed E-state index contributed by atoms with van der Waals surface area (Å²) in [6.07, 6.45) is 0.823. The van der Waals surface area contributed by atoms with Crippen LogP contribution < -0.4 is 21.7 Å². The second kappa shape index (κ2) is 13.4. The second-order valence-electron chi connectivity index (χ2n) is 7.43. The Hall–Kier alpha value is -1.85. The Balaban J connectivity index is 5.23. The first-order valence-electron chi connectivity index (χ1n) is 9.59. The summed E-state index contributed by atoms with van der Waals surface area (Å²) in [6, 6.07) is -4.33. The minimum Gasteiger partial charge on any atom is -0.480 e. The molecule has 7 N–H and O–H groups in total. The van der Waals surface area contributed by atoms with E-state index < -0.39 is 54.5 Å². The molecule has 5 atom stereocenters. The number of amides is 3. The van der Waals surface area contributed by atoms with Crippen LogP contribution in [0.1, 0.15) is 40.5 Å². The first-order chi connectivity index (χ1) is 13.5. The fraction of sp³-hybridized carbons (Fsp3) is 0.778. The van der Waals surface area contributed by atoms with Gasteiger partial charge in [-0.25, -0.2) is 4.79 Å². The van der Waals surface area contributed by atoms with E-state index in [1.165, 1.54) is 0 Å². The molecule has 0 aliphatic heterocycles. The van der Waals surface area contributed by atoms with Crippen LogP contribution in [0.3, 0.4) is 0 Å². The first-order valence-corrected chi connectivity index (χ1v) is 10.2. The van der Waals surface area contributed by atoms with Crippen LogP contribution in [-0.4, -0.2) is 70.4 Å². The number of carboxylic acids is 1. The second-order valence-corrected chi connectivity index (χ2v) is 7.80. The highest BCUT2D eigenvalue weighted by atomic mass is 32.1. The summed E-state index contributed by atoms with van der Waals surface area (Å²) in [6.45, 7) is 6.64. The number of carboxylic acid groups (broad SMARTS) is 1. The Labute approximate surface area is 176 Å². The van der Waals surface area contributed by atoms with Gasteiger partial charge in [0.25, 0.3) is 0 Å². The lowest BCUT2D eigenvalue weighted by Crippen LogP contribution is -2.58. The van der Waals surface area contributed by atoms with Crippen LogP contribution in [0.2, 0.25) is 0 Å². The maximum atomic E-state index is 12.6. The van der Waals surface area contributed by atoms with E-state index in [1.807, 2.05) is 13.8 Å². The maximum absolute atomic E-state index is 12.6. The van der Waals surface area contributed by atoms with Crippen LogP contribution >= 0.6 is 12.6 Å². The molecule has 0 saturated carbocycles. The van der Waals surface area contributed by atoms with E-state index in [2.05, 4.69) is 28.6 Å². The lowest BCUT2D eigenvalue weighted by atomic mass is 9.99. The van der Waals surface area contributed by atoms with E-state index in [9.17, 15) is 24.3 Å². The number of aliphatic hydroxyl groups excluding tert-OH is 1. The third-order valence-corrected chi connectivity index (χ3v) is 4.83. The van der Waals surface area contributed by atoms with Crippen molar-refractivity contribution in [2.45, 2.75) is 64.7 Å². The number of thiol groups is 1. The summed E-state index contributed by atoms with van der Waals surface area (Å²) in [5.41, 5.74) is 5.47. The summed E-state index contributed by atoms with van der Waals surface area (Å²) < 4.78 is 0. The number of hydrogen-bond donors (Lipinski definition) is 7. The van der Waals surface area contributed by atoms with Crippen molar-refractivity contribution in [2.24, 2.45) is 17.6 Å². The van der Waals surface area contributed by atoms with Crippen LogP contribution in [0.5, 0.6) is 0 Å². The molecule has 0 saturated heterocycles. The molecule has 0 aliphatic carbocycles. The third kappa shape index (κ3) is 9.46. The monoisotopic (exact) mass is 434 g/mol. The maximum Gasteiger partial charge on any atom is 0.326 e. The van der Waals surface area contributed by atoms with Crippen LogP contribution in [0, 0.1) is 11.8 Å². The standard InChI is InChI=1S/C18H34N4O6S/c1-5-10(4)14(18(27)28)22-17(26)13(8-29)21-16(25)12(6-9(2)3)20-15(24)11(19)7-23/h9-14,23,29H,5-8,19H2,1-4H3,(H,20,24)(H,21,25)(H,22,26)(H,27,28). The Morgan fingerprint density at radius 2 is 1.48 bits per heavy atom. The van der Waals surface area contributed by atoms with Gasteiger partial charge in [0.15, 0.2) is 0 Å². The van der Waals surface area contributed by atoms with Crippen molar-refractivity contribution in [1.82, 2.24) is 16.0 Å². The molecule has 10 nitrogen and oxygen atoms in total. The summed E-state index contributed by atoms with van der Waals surface area (Å²) in [4.78, 5) is 48.5. The number of hydrogen-bond acceptors (Lipinski definition) is 7. The molecule has 0 rings (SSSR count). The predicted molar refractivity (Wildman–Crippen MR) is 111 cm³/mol. The van der Waals surface area contributed by atoms with Gasteiger partial charge in [-0.3, -0.25) is 14.4 Å². The number of rotatable bonds is 13. The lowest BCUT2D eigenvalue weighted by molar-refractivity contribution is -0.143. The molecule has 3 amide bonds. The van der Waals surface area contributed by atoms with Gasteiger partial charge in [0.05, 0.1) is 6.61 Å². The van der Waals surface area contributed by atoms with Gasteiger partial charge >= 0.3 is 5.97 Å². The van der Waals surface area contributed by atoms with Crippen molar-refractivity contribution < 1.29 is 29.4 Å². The molecule has 0 heterocycles. The van der Waals surface area contributed by atoms with Crippen molar-refractivity contribution in [3.8, 4) is 0 Å². The SMILES string of the molecule is CCC(C)C(NC(=O)C(CS)NC(=O)C(CC(C)C)NC(=O)C(N)CO)C(=O)O. The first kappa shape index (κ1) is 27.1. The van der Waals surface area contributed by atoms with Crippen LogP contribution in [0.25, 0.3) is 0 Å². The van der Waals surface area contributed by atoms with Gasteiger partial charge in [0, 0.05) is 5.75 Å². The molecule has 0 aromatic heterocycles. The van der Waals surface area contributed by atoms with Gasteiger partial charge < -0.3 is 31.9 Å². The fourth-order valence-electron chi connectivity index (χ4n) is 2.47. The minimum absolute atomic E-state index is 0.0430. The Morgan fingerprint density at radius 3 is 1.90 bits per heavy atom. The van der Waals surface area contributed by atoms with Crippen LogP contribution in [0.4, 0.5) is 0 Å². The molecule has 168 valence electrons. The predicted octanol–water partition coefficient (Wildman–Crippen LogP) is -1.13. The molecular weight excluding hydrogens is 400 g/mol. The number of aliphatic hydroxyl groups is 1. The zero-order valence-electron chi connectivity index (χ0n) is 17.3. The molecule has 0 spiro atoms. The molecule has 5 unspecified atom stereocenters. The molecule has 0 radical (unpaired) electrons. The number of carbonyl (C=O) groups is 4. The minimum atomic E-state index is -1.17. The van der Waals surface area contributed by atoms with Crippen molar-refractivity contribution in [1.29, 1.82) is 0 Å². The summed E-state index contributed by atoms with van der Waals surface area (Å²) in [7, 11) is 0. The summed E-state index contributed by atoms with van der Waals surface area (Å²) in [5, 5.41) is 25.7. The van der Waals surface area contributed by atoms with Gasteiger partial charge in [0.2, 0.25) is 17.7 Å². The van der Waals surface area contributed by atoms with Gasteiger partial charge in [0.1, 0.15) is 24.2 Å². The molecule has 0 aliphatic rings. The smallest absolute Gasteiger partial charge is 0.326 e. The number of nitrogens with one attached hydrogen (secondary N) is 3. The Kier molecular flexibility index (Phi) is 12.5. The summed E-state index contributed by atoms with van der Waals surface area (Å²) >= 11 is 4.07. The molecule has 0 bridgehead atoms. The van der Waals surface area contributed by atoms with E-state index >= 15 is 0 Å². The lowest BCUT2D eigenvalue weighted by Gasteiger charge is -2.26. The number of carbonyl (C=O) groups excluding carboxylic acids is 3. The van der Waals surface area contributed by atoms with E-state index in [-0.39, 0.29) is 24.0 Å². The van der Waals surface area contributed by atoms with Crippen molar-refractivity contribution in [3.05, 3.63) is 0 Å². The van der Waals surface area contributed by atoms with Crippen molar-refractivity contribution >= 4 is 36.3 Å². The van der Waals surface area contributed by atoms with Gasteiger partial charge in [-0.2, -0.15) is 12.6 Å². The van der Waals surface area contributed by atoms with Crippen molar-refractivity contribution in [3.63, 3.8) is 0 Å². The zero-order valence-corrected chi connectivity index (χ0v) is 18.2. The highest BCUT2D eigenvalue weighted by Gasteiger charge is 2.31. The molecule has 0 aromatic carbocycles. The fourth-order valence-corrected chi connectivity index (χ4v) is 2.73. The third-order valence-electron chi connectivity index (χ3n) is 4.47. The summed E-state index contributed by atoms with van der Waals surface area (Å²) in [5.74, 6) is -3.49.